The van der Waals surface area contributed by atoms with Gasteiger partial charge in [-0.3, -0.25) is 9.09 Å². The third-order valence-corrected chi connectivity index (χ3v) is 5.14. The molecular formula is C15H21ClN5O9P. The van der Waals surface area contributed by atoms with Gasteiger partial charge in [0.1, 0.15) is 23.8 Å². The molecule has 2 aromatic heterocycles. The Kier molecular flexibility index (Phi) is 7.25. The molecule has 0 spiro atoms. The van der Waals surface area contributed by atoms with E-state index in [0.717, 1.165) is 6.92 Å². The van der Waals surface area contributed by atoms with E-state index in [4.69, 9.17) is 45.9 Å². The van der Waals surface area contributed by atoms with Crippen molar-refractivity contribution in [1.29, 1.82) is 0 Å². The van der Waals surface area contributed by atoms with Crippen molar-refractivity contribution in [2.75, 3.05) is 18.9 Å². The first kappa shape index (κ1) is 23.9. The second-order valence-electron chi connectivity index (χ2n) is 6.57. The fraction of sp³-hybridized carbons (Fsp3) is 0.600. The molecule has 14 nitrogen and oxygen atoms in total. The minimum Gasteiger partial charge on any atom is -0.462 e. The number of aliphatic hydroxyl groups excluding tert-OH is 2. The first-order valence-corrected chi connectivity index (χ1v) is 10.5. The van der Waals surface area contributed by atoms with Crippen molar-refractivity contribution in [3.05, 3.63) is 11.6 Å². The number of esters is 1. The number of fused-ring (bicyclic) bond motifs is 1. The lowest BCUT2D eigenvalue weighted by molar-refractivity contribution is -0.223. The zero-order valence-electron chi connectivity index (χ0n) is 16.3. The van der Waals surface area contributed by atoms with E-state index in [1.54, 1.807) is 6.92 Å². The van der Waals surface area contributed by atoms with Gasteiger partial charge < -0.3 is 39.9 Å². The zero-order chi connectivity index (χ0) is 22.9. The van der Waals surface area contributed by atoms with Crippen molar-refractivity contribution in [2.45, 2.75) is 44.2 Å². The number of halogens is 1. The van der Waals surface area contributed by atoms with E-state index in [0.29, 0.717) is 0 Å². The van der Waals surface area contributed by atoms with Gasteiger partial charge in [-0.25, -0.2) is 9.78 Å². The van der Waals surface area contributed by atoms with Crippen LogP contribution in [0.3, 0.4) is 0 Å². The molecule has 0 aliphatic carbocycles. The normalized spacial score (nSPS) is 25.8. The number of anilines is 1. The lowest BCUT2D eigenvalue weighted by atomic mass is 10.1. The molecule has 0 saturated carbocycles. The molecule has 172 valence electrons. The highest BCUT2D eigenvalue weighted by Gasteiger charge is 2.47. The number of carbonyl (C=O) groups is 1. The van der Waals surface area contributed by atoms with Crippen LogP contribution in [0, 0.1) is 0 Å². The van der Waals surface area contributed by atoms with E-state index in [1.165, 1.54) is 10.9 Å². The Balaban J connectivity index is 1.78. The molecule has 1 saturated heterocycles. The topological polar surface area (TPSA) is 205 Å². The molecule has 0 unspecified atom stereocenters. The van der Waals surface area contributed by atoms with Crippen LogP contribution in [0.2, 0.25) is 5.28 Å². The number of nitrogens with two attached hydrogens (primary N) is 1. The number of hydrogen-bond donors (Lipinski definition) is 5. The summed E-state index contributed by atoms with van der Waals surface area (Å²) in [6.07, 6.45) is -3.90. The number of nitrogen functional groups attached to an aromatic ring is 1. The van der Waals surface area contributed by atoms with Crippen LogP contribution in [0.1, 0.15) is 20.1 Å². The molecule has 2 aromatic rings. The first-order valence-electron chi connectivity index (χ1n) is 8.92. The summed E-state index contributed by atoms with van der Waals surface area (Å²) in [6.45, 7) is 2.17. The monoisotopic (exact) mass is 481 g/mol. The van der Waals surface area contributed by atoms with Crippen molar-refractivity contribution in [2.24, 2.45) is 0 Å². The predicted octanol–water partition coefficient (Wildman–Crippen LogP) is -0.795. The summed E-state index contributed by atoms with van der Waals surface area (Å²) in [5.41, 5.74) is 6.15. The van der Waals surface area contributed by atoms with Gasteiger partial charge in [-0.2, -0.15) is 9.97 Å². The number of aromatic nitrogens is 4. The van der Waals surface area contributed by atoms with Gasteiger partial charge in [-0.05, 0) is 18.5 Å². The molecule has 0 bridgehead atoms. The predicted molar refractivity (Wildman–Crippen MR) is 104 cm³/mol. The van der Waals surface area contributed by atoms with E-state index in [1.807, 2.05) is 0 Å². The van der Waals surface area contributed by atoms with Gasteiger partial charge in [0, 0.05) is 6.92 Å². The molecule has 1 aliphatic heterocycles. The number of imidazole rings is 1. The molecule has 6 N–H and O–H groups in total. The third kappa shape index (κ3) is 4.87. The summed E-state index contributed by atoms with van der Waals surface area (Å²) in [5, 5.41) is 20.7. The van der Waals surface area contributed by atoms with Crippen LogP contribution in [0.5, 0.6) is 0 Å². The van der Waals surface area contributed by atoms with Gasteiger partial charge in [0.2, 0.25) is 5.28 Å². The van der Waals surface area contributed by atoms with E-state index in [2.05, 4.69) is 15.0 Å². The Morgan fingerprint density at radius 2 is 2.10 bits per heavy atom. The molecule has 0 radical (unpaired) electrons. The molecular weight excluding hydrogens is 461 g/mol. The van der Waals surface area contributed by atoms with Crippen LogP contribution in [0.25, 0.3) is 11.2 Å². The van der Waals surface area contributed by atoms with Crippen LogP contribution in [0.4, 0.5) is 5.82 Å². The van der Waals surface area contributed by atoms with E-state index in [9.17, 15) is 15.0 Å². The smallest absolute Gasteiger partial charge is 0.366 e. The van der Waals surface area contributed by atoms with Gasteiger partial charge in [0.05, 0.1) is 19.5 Å². The number of nitrogens with zero attached hydrogens (tertiary/aromatic N) is 4. The van der Waals surface area contributed by atoms with Gasteiger partial charge in [-0.1, -0.05) is 0 Å². The molecule has 3 rings (SSSR count). The fourth-order valence-corrected chi connectivity index (χ4v) is 3.59. The van der Waals surface area contributed by atoms with Gasteiger partial charge in [-0.15, -0.1) is 0 Å². The van der Waals surface area contributed by atoms with E-state index < -0.39 is 51.5 Å². The summed E-state index contributed by atoms with van der Waals surface area (Å²) in [6, 6.07) is 0. The molecule has 3 heterocycles. The van der Waals surface area contributed by atoms with Crippen LogP contribution in [0.15, 0.2) is 6.33 Å². The Morgan fingerprint density at radius 3 is 2.74 bits per heavy atom. The van der Waals surface area contributed by atoms with Crippen molar-refractivity contribution in [3.63, 3.8) is 0 Å². The molecule has 1 fully saturated rings. The number of carbonyl (C=O) groups excluding carboxylic acids is 1. The summed E-state index contributed by atoms with van der Waals surface area (Å²) in [4.78, 5) is 42.3. The molecule has 5 atom stereocenters. The Labute approximate surface area is 181 Å². The minimum atomic E-state index is -2.97. The number of hydrogen-bond acceptors (Lipinski definition) is 13. The highest BCUT2D eigenvalue weighted by Crippen LogP contribution is 2.36. The third-order valence-electron chi connectivity index (χ3n) is 4.46. The highest BCUT2D eigenvalue weighted by atomic mass is 35.5. The molecule has 16 heteroatoms. The van der Waals surface area contributed by atoms with Crippen LogP contribution in [-0.4, -0.2) is 82.8 Å². The van der Waals surface area contributed by atoms with Crippen LogP contribution >= 0.6 is 20.2 Å². The van der Waals surface area contributed by atoms with Crippen molar-refractivity contribution in [3.8, 4) is 0 Å². The largest absolute Gasteiger partial charge is 0.462 e. The summed E-state index contributed by atoms with van der Waals surface area (Å²) in [7, 11) is -2.97. The summed E-state index contributed by atoms with van der Waals surface area (Å²) in [5.74, 6) is -3.18. The lowest BCUT2D eigenvalue weighted by Crippen LogP contribution is -2.45. The first-order chi connectivity index (χ1) is 14.6. The van der Waals surface area contributed by atoms with E-state index in [-0.39, 0.29) is 28.9 Å². The molecule has 1 aliphatic rings. The quantitative estimate of drug-likeness (QED) is 0.136. The maximum absolute atomic E-state index is 12.1. The maximum Gasteiger partial charge on any atom is 0.366 e. The maximum atomic E-state index is 12.1. The molecule has 0 amide bonds. The SMILES string of the molecule is CCOC(=O)[C@](C)(OC[C@H]1O[C@@H](n2cnc3c(N)nc(Cl)nc32)[C@H](O)[C@@H]1O)OP(O)O. The number of ether oxygens (including phenoxy) is 3. The lowest BCUT2D eigenvalue weighted by Gasteiger charge is -2.28. The van der Waals surface area contributed by atoms with Gasteiger partial charge in [0.25, 0.3) is 5.79 Å². The molecule has 31 heavy (non-hydrogen) atoms. The Bertz CT molecular complexity index is 949. The highest BCUT2D eigenvalue weighted by molar-refractivity contribution is 7.39. The Hall–Kier alpha value is -1.74. The van der Waals surface area contributed by atoms with Gasteiger partial charge in [0.15, 0.2) is 17.7 Å². The van der Waals surface area contributed by atoms with Gasteiger partial charge >= 0.3 is 14.6 Å². The number of aliphatic hydroxyl groups is 2. The fourth-order valence-electron chi connectivity index (χ4n) is 2.98. The zero-order valence-corrected chi connectivity index (χ0v) is 18.0. The van der Waals surface area contributed by atoms with Crippen molar-refractivity contribution < 1.29 is 43.5 Å². The number of rotatable bonds is 8. The average molecular weight is 482 g/mol. The van der Waals surface area contributed by atoms with Crippen LogP contribution in [-0.2, 0) is 23.5 Å². The summed E-state index contributed by atoms with van der Waals surface area (Å²) >= 11 is 5.84. The summed E-state index contributed by atoms with van der Waals surface area (Å²) < 4.78 is 22.0. The second-order valence-corrected chi connectivity index (χ2v) is 7.60. The van der Waals surface area contributed by atoms with Crippen molar-refractivity contribution in [1.82, 2.24) is 19.5 Å². The van der Waals surface area contributed by atoms with E-state index >= 15 is 0 Å². The average Bonchev–Trinajstić information content (AvgIpc) is 3.22. The Morgan fingerprint density at radius 1 is 1.39 bits per heavy atom. The minimum absolute atomic E-state index is 0.0134. The standard InChI is InChI=1S/C15H21ClN5O9P/c1-3-27-13(24)15(2,30-31(25)26)28-4-6-8(22)9(23)12(29-6)21-5-18-7-10(17)19-14(16)20-11(7)21/h5-6,8-9,12,22-23,25-26H,3-4H2,1-2H3,(H2,17,19,20)/t6-,8-,9-,12-,15-/m1/s1. The van der Waals surface area contributed by atoms with Crippen LogP contribution < -0.4 is 5.73 Å². The second kappa shape index (κ2) is 9.40. The van der Waals surface area contributed by atoms with Crippen molar-refractivity contribution >= 4 is 43.2 Å². The molecule has 0 aromatic carbocycles.